The van der Waals surface area contributed by atoms with Crippen LogP contribution in [0.4, 0.5) is 0 Å². The maximum Gasteiger partial charge on any atom is 0.0543 e. The van der Waals surface area contributed by atoms with Crippen LogP contribution in [-0.4, -0.2) is 11.2 Å². The molecule has 1 N–H and O–H groups in total. The van der Waals surface area contributed by atoms with Gasteiger partial charge in [0.25, 0.3) is 0 Å². The summed E-state index contributed by atoms with van der Waals surface area (Å²) in [6.45, 7) is 12.3. The molecular formula is C28H48O. The van der Waals surface area contributed by atoms with E-state index >= 15 is 0 Å². The van der Waals surface area contributed by atoms with Crippen LogP contribution >= 0.6 is 0 Å². The Bertz CT molecular complexity index is 579. The third-order valence-corrected chi connectivity index (χ3v) is 10.6. The van der Waals surface area contributed by atoms with Gasteiger partial charge in [-0.15, -0.1) is 0 Å². The van der Waals surface area contributed by atoms with Crippen LogP contribution < -0.4 is 0 Å². The Kier molecular flexibility index (Phi) is 6.56. The predicted molar refractivity (Wildman–Crippen MR) is 124 cm³/mol. The lowest BCUT2D eigenvalue weighted by Crippen LogP contribution is -2.49. The van der Waals surface area contributed by atoms with Crippen LogP contribution in [0.5, 0.6) is 0 Å². The summed E-state index contributed by atoms with van der Waals surface area (Å²) in [4.78, 5) is 0. The van der Waals surface area contributed by atoms with Gasteiger partial charge in [-0.3, -0.25) is 0 Å². The van der Waals surface area contributed by atoms with Gasteiger partial charge in [0, 0.05) is 0 Å². The van der Waals surface area contributed by atoms with Crippen molar-refractivity contribution in [2.45, 2.75) is 105 Å². The second-order valence-corrected chi connectivity index (χ2v) is 12.2. The molecule has 29 heavy (non-hydrogen) atoms. The van der Waals surface area contributed by atoms with E-state index in [1.807, 2.05) is 0 Å². The molecule has 0 aromatic heterocycles. The van der Waals surface area contributed by atoms with E-state index in [-0.39, 0.29) is 6.10 Å². The van der Waals surface area contributed by atoms with Crippen LogP contribution in [0.2, 0.25) is 0 Å². The van der Waals surface area contributed by atoms with E-state index < -0.39 is 0 Å². The van der Waals surface area contributed by atoms with Crippen molar-refractivity contribution in [2.75, 3.05) is 0 Å². The maximum atomic E-state index is 10.2. The SMILES string of the molecule is CC[C@@H](/C=C/[C@@H](C)[C@H]1CC[C@H]2[C@@H]3CC[C@H]4C[C@@H](O)CC[C@@H]4[C@H]3CC[C@]12C)C(C)C. The van der Waals surface area contributed by atoms with Gasteiger partial charge in [0.1, 0.15) is 0 Å². The maximum absolute atomic E-state index is 10.2. The minimum absolute atomic E-state index is 0.00272. The van der Waals surface area contributed by atoms with E-state index in [4.69, 9.17) is 0 Å². The molecule has 4 fully saturated rings. The van der Waals surface area contributed by atoms with Gasteiger partial charge in [-0.2, -0.15) is 0 Å². The molecule has 166 valence electrons. The summed E-state index contributed by atoms with van der Waals surface area (Å²) in [7, 11) is 0. The van der Waals surface area contributed by atoms with Gasteiger partial charge in [0.15, 0.2) is 0 Å². The van der Waals surface area contributed by atoms with Gasteiger partial charge >= 0.3 is 0 Å². The molecule has 0 amide bonds. The summed E-state index contributed by atoms with van der Waals surface area (Å²) in [6.07, 6.45) is 18.7. The van der Waals surface area contributed by atoms with Crippen molar-refractivity contribution in [1.82, 2.24) is 0 Å². The van der Waals surface area contributed by atoms with Gasteiger partial charge < -0.3 is 5.11 Å². The van der Waals surface area contributed by atoms with E-state index in [0.717, 1.165) is 66.1 Å². The summed E-state index contributed by atoms with van der Waals surface area (Å²) in [5.74, 6) is 7.85. The van der Waals surface area contributed by atoms with Crippen LogP contribution in [0, 0.1) is 58.7 Å². The van der Waals surface area contributed by atoms with Crippen molar-refractivity contribution in [2.24, 2.45) is 58.7 Å². The molecule has 0 aromatic rings. The summed E-state index contributed by atoms with van der Waals surface area (Å²) in [5, 5.41) is 10.2. The fourth-order valence-corrected chi connectivity index (χ4v) is 9.01. The zero-order valence-corrected chi connectivity index (χ0v) is 19.9. The zero-order valence-electron chi connectivity index (χ0n) is 19.9. The fourth-order valence-electron chi connectivity index (χ4n) is 9.01. The second kappa shape index (κ2) is 8.68. The number of aliphatic hydroxyl groups excluding tert-OH is 1. The molecule has 10 atom stereocenters. The van der Waals surface area contributed by atoms with E-state index in [9.17, 15) is 5.11 Å². The Labute approximate surface area is 181 Å². The van der Waals surface area contributed by atoms with Crippen molar-refractivity contribution in [3.8, 4) is 0 Å². The van der Waals surface area contributed by atoms with Crippen LogP contribution in [0.15, 0.2) is 12.2 Å². The average Bonchev–Trinajstić information content (AvgIpc) is 3.05. The van der Waals surface area contributed by atoms with Gasteiger partial charge in [0.05, 0.1) is 6.10 Å². The van der Waals surface area contributed by atoms with Crippen LogP contribution in [-0.2, 0) is 0 Å². The monoisotopic (exact) mass is 400 g/mol. The highest BCUT2D eigenvalue weighted by atomic mass is 16.3. The summed E-state index contributed by atoms with van der Waals surface area (Å²) in [5.41, 5.74) is 0.575. The Morgan fingerprint density at radius 1 is 0.897 bits per heavy atom. The van der Waals surface area contributed by atoms with Gasteiger partial charge in [0.2, 0.25) is 0 Å². The van der Waals surface area contributed by atoms with E-state index in [1.54, 1.807) is 0 Å². The van der Waals surface area contributed by atoms with Crippen LogP contribution in [0.1, 0.15) is 98.8 Å². The first-order valence-electron chi connectivity index (χ1n) is 13.2. The van der Waals surface area contributed by atoms with Crippen molar-refractivity contribution in [1.29, 1.82) is 0 Å². The third kappa shape index (κ3) is 3.99. The lowest BCUT2D eigenvalue weighted by molar-refractivity contribution is -0.0800. The highest BCUT2D eigenvalue weighted by Gasteiger charge is 2.57. The third-order valence-electron chi connectivity index (χ3n) is 10.6. The van der Waals surface area contributed by atoms with Gasteiger partial charge in [-0.25, -0.2) is 0 Å². The predicted octanol–water partition coefficient (Wildman–Crippen LogP) is 7.49. The van der Waals surface area contributed by atoms with E-state index in [1.165, 1.54) is 51.4 Å². The molecule has 0 aromatic carbocycles. The molecule has 0 heterocycles. The highest BCUT2D eigenvalue weighted by Crippen LogP contribution is 2.65. The lowest BCUT2D eigenvalue weighted by Gasteiger charge is -2.56. The largest absolute Gasteiger partial charge is 0.393 e. The molecule has 0 aliphatic heterocycles. The molecule has 4 saturated carbocycles. The van der Waals surface area contributed by atoms with Crippen molar-refractivity contribution < 1.29 is 5.11 Å². The number of hydrogen-bond acceptors (Lipinski definition) is 1. The Morgan fingerprint density at radius 2 is 1.66 bits per heavy atom. The molecule has 1 heteroatoms. The average molecular weight is 401 g/mol. The fraction of sp³-hybridized carbons (Fsp3) is 0.929. The first-order valence-corrected chi connectivity index (χ1v) is 13.2. The molecule has 0 saturated heterocycles. The number of aliphatic hydroxyl groups is 1. The summed E-state index contributed by atoms with van der Waals surface area (Å²) < 4.78 is 0. The van der Waals surface area contributed by atoms with Crippen LogP contribution in [0.25, 0.3) is 0 Å². The molecule has 0 spiro atoms. The molecule has 0 radical (unpaired) electrons. The molecule has 1 nitrogen and oxygen atoms in total. The molecule has 0 bridgehead atoms. The van der Waals surface area contributed by atoms with Crippen molar-refractivity contribution in [3.63, 3.8) is 0 Å². The normalized spacial score (nSPS) is 46.9. The van der Waals surface area contributed by atoms with Gasteiger partial charge in [-0.05, 0) is 123 Å². The topological polar surface area (TPSA) is 20.2 Å². The molecule has 4 rings (SSSR count). The standard InChI is InChI=1S/C28H48O/c1-6-20(18(2)3)8-7-19(4)26-13-14-27-25-11-9-21-17-22(29)10-12-23(21)24(25)15-16-28(26,27)5/h7-8,18-27,29H,6,9-17H2,1-5H3/b8-7+/t19-,20+,21+,22+,23+,24-,25-,26-,27+,28-/m1/s1. The Balaban J connectivity index is 1.46. The quantitative estimate of drug-likeness (QED) is 0.474. The number of fused-ring (bicyclic) bond motifs is 5. The zero-order chi connectivity index (χ0) is 20.8. The first-order chi connectivity index (χ1) is 13.8. The lowest BCUT2D eigenvalue weighted by atomic mass is 9.49. The van der Waals surface area contributed by atoms with E-state index in [2.05, 4.69) is 46.8 Å². The highest BCUT2D eigenvalue weighted by molar-refractivity contribution is 5.09. The minimum Gasteiger partial charge on any atom is -0.393 e. The van der Waals surface area contributed by atoms with Gasteiger partial charge in [-0.1, -0.05) is 46.8 Å². The summed E-state index contributed by atoms with van der Waals surface area (Å²) >= 11 is 0. The van der Waals surface area contributed by atoms with E-state index in [0.29, 0.717) is 5.41 Å². The van der Waals surface area contributed by atoms with Crippen molar-refractivity contribution >= 4 is 0 Å². The molecular weight excluding hydrogens is 352 g/mol. The smallest absolute Gasteiger partial charge is 0.0543 e. The first kappa shape index (κ1) is 21.9. The second-order valence-electron chi connectivity index (χ2n) is 12.2. The summed E-state index contributed by atoms with van der Waals surface area (Å²) in [6, 6.07) is 0. The van der Waals surface area contributed by atoms with Crippen molar-refractivity contribution in [3.05, 3.63) is 12.2 Å². The number of allylic oxidation sites excluding steroid dienone is 2. The number of rotatable bonds is 5. The molecule has 0 unspecified atom stereocenters. The molecule has 4 aliphatic carbocycles. The number of hydrogen-bond donors (Lipinski definition) is 1. The minimum atomic E-state index is 0.00272. The molecule has 4 aliphatic rings. The Morgan fingerprint density at radius 3 is 2.38 bits per heavy atom. The van der Waals surface area contributed by atoms with Crippen LogP contribution in [0.3, 0.4) is 0 Å². The Hall–Kier alpha value is -0.300.